The monoisotopic (exact) mass is 394 g/mol. The number of ether oxygens (including phenoxy) is 1. The van der Waals surface area contributed by atoms with Crippen LogP contribution in [0.4, 0.5) is 11.4 Å². The lowest BCUT2D eigenvalue weighted by Crippen LogP contribution is -2.07. The van der Waals surface area contributed by atoms with Gasteiger partial charge in [-0.25, -0.2) is 0 Å². The lowest BCUT2D eigenvalue weighted by Gasteiger charge is -2.08. The Morgan fingerprint density at radius 1 is 1.10 bits per heavy atom. The van der Waals surface area contributed by atoms with E-state index in [2.05, 4.69) is 12.2 Å². The quantitative estimate of drug-likeness (QED) is 0.183. The van der Waals surface area contributed by atoms with Crippen LogP contribution in [-0.4, -0.2) is 17.9 Å². The molecule has 0 heterocycles. The summed E-state index contributed by atoms with van der Waals surface area (Å²) in [7, 11) is 1.64. The smallest absolute Gasteiger partial charge is 0.269 e. The Morgan fingerprint density at radius 3 is 2.38 bits per heavy atom. The molecular weight excluding hydrogens is 368 g/mol. The molecule has 2 rings (SSSR count). The second-order valence-corrected chi connectivity index (χ2v) is 6.53. The summed E-state index contributed by atoms with van der Waals surface area (Å²) in [6.45, 7) is 2.17. The number of nitro groups is 1. The number of hydrogen-bond acceptors (Lipinski definition) is 4. The van der Waals surface area contributed by atoms with Gasteiger partial charge in [-0.05, 0) is 48.2 Å². The minimum Gasteiger partial charge on any atom is -0.497 e. The maximum absolute atomic E-state index is 12.1. The van der Waals surface area contributed by atoms with Crippen LogP contribution in [0, 0.1) is 10.1 Å². The number of nitrogens with one attached hydrogen (secondary N) is 1. The van der Waals surface area contributed by atoms with Gasteiger partial charge >= 0.3 is 0 Å². The fraction of sp³-hybridized carbons (Fsp3) is 0.261. The topological polar surface area (TPSA) is 81.5 Å². The number of amides is 1. The van der Waals surface area contributed by atoms with Crippen molar-refractivity contribution in [2.24, 2.45) is 0 Å². The first-order valence-electron chi connectivity index (χ1n) is 9.60. The van der Waals surface area contributed by atoms with Crippen LogP contribution < -0.4 is 10.1 Å². The van der Waals surface area contributed by atoms with E-state index in [1.165, 1.54) is 30.3 Å². The van der Waals surface area contributed by atoms with Gasteiger partial charge in [0.15, 0.2) is 0 Å². The number of non-ortho nitro benzene ring substituents is 1. The van der Waals surface area contributed by atoms with Crippen LogP contribution in [0.25, 0.3) is 5.57 Å². The van der Waals surface area contributed by atoms with Crippen LogP contribution >= 0.6 is 0 Å². The van der Waals surface area contributed by atoms with Crippen LogP contribution in [-0.2, 0) is 4.79 Å². The predicted molar refractivity (Wildman–Crippen MR) is 116 cm³/mol. The maximum Gasteiger partial charge on any atom is 0.269 e. The van der Waals surface area contributed by atoms with Crippen molar-refractivity contribution >= 4 is 22.9 Å². The number of hydrogen-bond donors (Lipinski definition) is 1. The molecule has 0 saturated heterocycles. The molecule has 0 aliphatic rings. The van der Waals surface area contributed by atoms with Crippen molar-refractivity contribution in [1.82, 2.24) is 0 Å². The third kappa shape index (κ3) is 7.25. The third-order valence-electron chi connectivity index (χ3n) is 4.40. The Morgan fingerprint density at radius 2 is 1.79 bits per heavy atom. The highest BCUT2D eigenvalue weighted by atomic mass is 16.6. The van der Waals surface area contributed by atoms with Crippen LogP contribution in [0.3, 0.4) is 0 Å². The summed E-state index contributed by atoms with van der Waals surface area (Å²) in [5, 5.41) is 13.4. The van der Waals surface area contributed by atoms with Crippen molar-refractivity contribution in [2.75, 3.05) is 12.4 Å². The van der Waals surface area contributed by atoms with Crippen molar-refractivity contribution < 1.29 is 14.5 Å². The highest BCUT2D eigenvalue weighted by molar-refractivity contribution is 5.99. The highest BCUT2D eigenvalue weighted by Gasteiger charge is 2.05. The van der Waals surface area contributed by atoms with Gasteiger partial charge in [0.25, 0.3) is 5.69 Å². The molecule has 0 bridgehead atoms. The number of nitro benzene ring substituents is 1. The molecule has 0 spiro atoms. The summed E-state index contributed by atoms with van der Waals surface area (Å²) < 4.78 is 5.21. The van der Waals surface area contributed by atoms with E-state index in [0.717, 1.165) is 42.6 Å². The van der Waals surface area contributed by atoms with E-state index < -0.39 is 4.92 Å². The molecule has 0 aromatic heterocycles. The normalized spacial score (nSPS) is 11.4. The van der Waals surface area contributed by atoms with E-state index in [-0.39, 0.29) is 11.6 Å². The summed E-state index contributed by atoms with van der Waals surface area (Å²) in [5.74, 6) is 0.511. The Kier molecular flexibility index (Phi) is 8.63. The molecular formula is C23H26N2O4. The number of rotatable bonds is 10. The number of benzene rings is 2. The lowest BCUT2D eigenvalue weighted by atomic mass is 9.99. The minimum absolute atomic E-state index is 0.0160. The zero-order valence-electron chi connectivity index (χ0n) is 16.8. The zero-order chi connectivity index (χ0) is 21.1. The Hall–Kier alpha value is -3.41. The molecule has 2 aromatic rings. The molecule has 2 aromatic carbocycles. The van der Waals surface area contributed by atoms with Crippen molar-refractivity contribution in [1.29, 1.82) is 0 Å². The van der Waals surface area contributed by atoms with Gasteiger partial charge < -0.3 is 10.1 Å². The molecule has 0 saturated carbocycles. The highest BCUT2D eigenvalue weighted by Crippen LogP contribution is 2.24. The molecule has 6 heteroatoms. The van der Waals surface area contributed by atoms with Crippen LogP contribution in [0.15, 0.2) is 66.8 Å². The molecule has 0 atom stereocenters. The second-order valence-electron chi connectivity index (χ2n) is 6.53. The first kappa shape index (κ1) is 21.9. The average molecular weight is 394 g/mol. The summed E-state index contributed by atoms with van der Waals surface area (Å²) >= 11 is 0. The van der Waals surface area contributed by atoms with E-state index in [1.54, 1.807) is 13.2 Å². The van der Waals surface area contributed by atoms with Gasteiger partial charge in [0.1, 0.15) is 5.75 Å². The summed E-state index contributed by atoms with van der Waals surface area (Å²) in [4.78, 5) is 22.3. The number of carbonyl (C=O) groups is 1. The number of methoxy groups -OCH3 is 1. The number of carbonyl (C=O) groups excluding carboxylic acids is 1. The molecule has 1 N–H and O–H groups in total. The molecule has 0 unspecified atom stereocenters. The molecule has 0 fully saturated rings. The zero-order valence-corrected chi connectivity index (χ0v) is 16.8. The molecule has 0 radical (unpaired) electrons. The van der Waals surface area contributed by atoms with Crippen molar-refractivity contribution in [3.05, 3.63) is 82.4 Å². The molecule has 152 valence electrons. The minimum atomic E-state index is -0.477. The summed E-state index contributed by atoms with van der Waals surface area (Å²) in [6, 6.07) is 13.6. The fourth-order valence-electron chi connectivity index (χ4n) is 2.80. The summed E-state index contributed by atoms with van der Waals surface area (Å²) in [6.07, 6.45) is 9.43. The average Bonchev–Trinajstić information content (AvgIpc) is 2.73. The second kappa shape index (κ2) is 11.4. The fourth-order valence-corrected chi connectivity index (χ4v) is 2.80. The first-order chi connectivity index (χ1) is 14.0. The van der Waals surface area contributed by atoms with E-state index in [0.29, 0.717) is 5.69 Å². The SMILES string of the molecule is CCCCC/C(=C\C=C\C(=O)Nc1ccc([N+](=O)[O-])cc1)c1ccc(OC)cc1. The molecule has 1 amide bonds. The standard InChI is InChI=1S/C23H26N2O4/c1-3-4-5-7-18(19-10-16-22(29-2)17-11-19)8-6-9-23(26)24-20-12-14-21(15-13-20)25(27)28/h6,8-17H,3-5,7H2,1-2H3,(H,24,26)/b9-6+,18-8+. The summed E-state index contributed by atoms with van der Waals surface area (Å²) in [5.41, 5.74) is 2.74. The van der Waals surface area contributed by atoms with E-state index in [9.17, 15) is 14.9 Å². The maximum atomic E-state index is 12.1. The molecule has 6 nitrogen and oxygen atoms in total. The van der Waals surface area contributed by atoms with Gasteiger partial charge in [0.05, 0.1) is 12.0 Å². The Labute approximate surface area is 171 Å². The van der Waals surface area contributed by atoms with Crippen molar-refractivity contribution in [3.8, 4) is 5.75 Å². The van der Waals surface area contributed by atoms with Gasteiger partial charge in [-0.1, -0.05) is 44.1 Å². The first-order valence-corrected chi connectivity index (χ1v) is 9.60. The van der Waals surface area contributed by atoms with Crippen LogP contribution in [0.1, 0.15) is 38.2 Å². The van der Waals surface area contributed by atoms with Gasteiger partial charge in [0, 0.05) is 23.9 Å². The van der Waals surface area contributed by atoms with Crippen molar-refractivity contribution in [2.45, 2.75) is 32.6 Å². The van der Waals surface area contributed by atoms with E-state index in [4.69, 9.17) is 4.74 Å². The Bertz CT molecular complexity index is 869. The van der Waals surface area contributed by atoms with Gasteiger partial charge in [-0.15, -0.1) is 0 Å². The Balaban J connectivity index is 2.05. The largest absolute Gasteiger partial charge is 0.497 e. The van der Waals surface area contributed by atoms with Crippen molar-refractivity contribution in [3.63, 3.8) is 0 Å². The van der Waals surface area contributed by atoms with Gasteiger partial charge in [-0.3, -0.25) is 14.9 Å². The molecule has 29 heavy (non-hydrogen) atoms. The van der Waals surface area contributed by atoms with Crippen LogP contribution in [0.5, 0.6) is 5.75 Å². The molecule has 0 aliphatic heterocycles. The number of nitrogens with zero attached hydrogens (tertiary/aromatic N) is 1. The lowest BCUT2D eigenvalue weighted by molar-refractivity contribution is -0.384. The van der Waals surface area contributed by atoms with Gasteiger partial charge in [-0.2, -0.15) is 0 Å². The number of unbranched alkanes of at least 4 members (excludes halogenated alkanes) is 2. The predicted octanol–water partition coefficient (Wildman–Crippen LogP) is 5.76. The molecule has 0 aliphatic carbocycles. The number of anilines is 1. The van der Waals surface area contributed by atoms with Gasteiger partial charge in [0.2, 0.25) is 5.91 Å². The van der Waals surface area contributed by atoms with E-state index >= 15 is 0 Å². The van der Waals surface area contributed by atoms with Crippen LogP contribution in [0.2, 0.25) is 0 Å². The van der Waals surface area contributed by atoms with E-state index in [1.807, 2.05) is 30.3 Å². The third-order valence-corrected chi connectivity index (χ3v) is 4.40. The number of allylic oxidation sites excluding steroid dienone is 3.